The number of nitrogens with zero attached hydrogens (tertiary/aromatic N) is 1. The second-order valence-corrected chi connectivity index (χ2v) is 8.05. The molecule has 1 heterocycles. The van der Waals surface area contributed by atoms with Crippen molar-refractivity contribution in [1.82, 2.24) is 0 Å². The van der Waals surface area contributed by atoms with Crippen LogP contribution in [0.1, 0.15) is 46.1 Å². The van der Waals surface area contributed by atoms with E-state index in [0.717, 1.165) is 42.5 Å². The van der Waals surface area contributed by atoms with Crippen LogP contribution in [0.4, 0.5) is 10.7 Å². The van der Waals surface area contributed by atoms with Gasteiger partial charge in [-0.25, -0.2) is 4.79 Å². The zero-order valence-corrected chi connectivity index (χ0v) is 17.4. The van der Waals surface area contributed by atoms with Gasteiger partial charge in [-0.05, 0) is 61.9 Å². The highest BCUT2D eigenvalue weighted by Crippen LogP contribution is 2.38. The third kappa shape index (κ3) is 4.62. The lowest BCUT2D eigenvalue weighted by atomic mass is 9.95. The first-order chi connectivity index (χ1) is 13.5. The molecule has 2 aromatic rings. The summed E-state index contributed by atoms with van der Waals surface area (Å²) in [4.78, 5) is 28.1. The molecule has 1 aromatic carbocycles. The Bertz CT molecular complexity index is 882. The van der Waals surface area contributed by atoms with Crippen LogP contribution in [0.5, 0.6) is 0 Å². The summed E-state index contributed by atoms with van der Waals surface area (Å²) in [5.74, 6) is -0.596. The number of thiophene rings is 1. The fourth-order valence-corrected chi connectivity index (χ4v) is 4.56. The molecule has 0 fully saturated rings. The van der Waals surface area contributed by atoms with Gasteiger partial charge in [-0.2, -0.15) is 0 Å². The van der Waals surface area contributed by atoms with E-state index in [1.807, 2.05) is 43.3 Å². The molecule has 3 rings (SSSR count). The Morgan fingerprint density at radius 3 is 2.57 bits per heavy atom. The summed E-state index contributed by atoms with van der Waals surface area (Å²) in [5, 5.41) is 3.49. The number of esters is 1. The van der Waals surface area contributed by atoms with Crippen molar-refractivity contribution in [3.63, 3.8) is 0 Å². The largest absolute Gasteiger partial charge is 0.462 e. The monoisotopic (exact) mass is 398 g/mol. The van der Waals surface area contributed by atoms with E-state index in [1.54, 1.807) is 13.0 Å². The molecule has 0 saturated carbocycles. The van der Waals surface area contributed by atoms with Crippen LogP contribution in [0.25, 0.3) is 6.08 Å². The van der Waals surface area contributed by atoms with E-state index in [4.69, 9.17) is 4.74 Å². The van der Waals surface area contributed by atoms with Gasteiger partial charge in [-0.1, -0.05) is 12.1 Å². The molecule has 1 aliphatic carbocycles. The number of amides is 1. The molecule has 28 heavy (non-hydrogen) atoms. The quantitative estimate of drug-likeness (QED) is 0.574. The first-order valence-electron chi connectivity index (χ1n) is 9.57. The molecule has 0 saturated heterocycles. The van der Waals surface area contributed by atoms with Gasteiger partial charge in [0.15, 0.2) is 0 Å². The lowest BCUT2D eigenvalue weighted by Crippen LogP contribution is -2.14. The second kappa shape index (κ2) is 9.06. The summed E-state index contributed by atoms with van der Waals surface area (Å²) < 4.78 is 5.23. The van der Waals surface area contributed by atoms with E-state index in [0.29, 0.717) is 17.2 Å². The van der Waals surface area contributed by atoms with E-state index in [1.165, 1.54) is 22.3 Å². The number of carbonyl (C=O) groups excluding carboxylic acids is 2. The zero-order valence-electron chi connectivity index (χ0n) is 16.6. The smallest absolute Gasteiger partial charge is 0.341 e. The molecule has 1 aromatic heterocycles. The Morgan fingerprint density at radius 2 is 1.89 bits per heavy atom. The number of nitrogens with one attached hydrogen (secondary N) is 1. The topological polar surface area (TPSA) is 58.6 Å². The number of rotatable bonds is 6. The van der Waals surface area contributed by atoms with Gasteiger partial charge in [0.05, 0.1) is 12.2 Å². The molecule has 1 aliphatic rings. The lowest BCUT2D eigenvalue weighted by Gasteiger charge is -2.12. The van der Waals surface area contributed by atoms with E-state index >= 15 is 0 Å². The first kappa shape index (κ1) is 20.1. The molecule has 5 nitrogen and oxygen atoms in total. The van der Waals surface area contributed by atoms with Crippen molar-refractivity contribution in [3.05, 3.63) is 51.9 Å². The van der Waals surface area contributed by atoms with E-state index in [-0.39, 0.29) is 11.9 Å². The Kier molecular flexibility index (Phi) is 6.52. The third-order valence-electron chi connectivity index (χ3n) is 4.72. The van der Waals surface area contributed by atoms with E-state index < -0.39 is 0 Å². The molecular formula is C22H26N2O3S. The summed E-state index contributed by atoms with van der Waals surface area (Å²) in [7, 11) is 3.97. The van der Waals surface area contributed by atoms with Crippen LogP contribution >= 0.6 is 11.3 Å². The maximum Gasteiger partial charge on any atom is 0.341 e. The van der Waals surface area contributed by atoms with Crippen molar-refractivity contribution in [2.75, 3.05) is 30.9 Å². The average Bonchev–Trinajstić information content (AvgIpc) is 3.04. The zero-order chi connectivity index (χ0) is 20.1. The molecule has 0 spiro atoms. The predicted molar refractivity (Wildman–Crippen MR) is 115 cm³/mol. The Hall–Kier alpha value is -2.60. The molecule has 0 atom stereocenters. The summed E-state index contributed by atoms with van der Waals surface area (Å²) in [5.41, 5.74) is 3.63. The normalized spacial score (nSPS) is 13.2. The average molecular weight is 399 g/mol. The minimum Gasteiger partial charge on any atom is -0.462 e. The van der Waals surface area contributed by atoms with Crippen molar-refractivity contribution in [1.29, 1.82) is 0 Å². The predicted octanol–water partition coefficient (Wildman–Crippen LogP) is 4.52. The number of carbonyl (C=O) groups is 2. The Balaban J connectivity index is 1.76. The molecule has 0 radical (unpaired) electrons. The molecule has 0 aliphatic heterocycles. The van der Waals surface area contributed by atoms with Gasteiger partial charge in [0, 0.05) is 30.7 Å². The summed E-state index contributed by atoms with van der Waals surface area (Å²) in [6.07, 6.45) is 7.27. The highest BCUT2D eigenvalue weighted by Gasteiger charge is 2.26. The van der Waals surface area contributed by atoms with Crippen molar-refractivity contribution >= 4 is 40.0 Å². The maximum atomic E-state index is 12.5. The fourth-order valence-electron chi connectivity index (χ4n) is 3.28. The standard InChI is InChI=1S/C22H26N2O3S/c1-4-27-22(26)20-17-7-5-6-8-18(17)28-21(20)23-19(25)14-11-15-9-12-16(13-10-15)24(2)3/h9-14H,4-8H2,1-3H3,(H,23,25)/b14-11+. The number of benzene rings is 1. The molecule has 1 N–H and O–H groups in total. The van der Waals surface area contributed by atoms with Crippen molar-refractivity contribution in [2.24, 2.45) is 0 Å². The van der Waals surface area contributed by atoms with Crippen LogP contribution in [0.3, 0.4) is 0 Å². The van der Waals surface area contributed by atoms with Crippen LogP contribution in [-0.4, -0.2) is 32.6 Å². The van der Waals surface area contributed by atoms with Gasteiger partial charge in [0.2, 0.25) is 5.91 Å². The SMILES string of the molecule is CCOC(=O)c1c(NC(=O)/C=C/c2ccc(N(C)C)cc2)sc2c1CCCC2. The highest BCUT2D eigenvalue weighted by molar-refractivity contribution is 7.17. The van der Waals surface area contributed by atoms with Crippen LogP contribution in [0.15, 0.2) is 30.3 Å². The van der Waals surface area contributed by atoms with Gasteiger partial charge >= 0.3 is 5.97 Å². The molecule has 148 valence electrons. The molecule has 0 unspecified atom stereocenters. The molecule has 1 amide bonds. The summed E-state index contributed by atoms with van der Waals surface area (Å²) >= 11 is 1.50. The Labute approximate surface area is 170 Å². The number of hydrogen-bond donors (Lipinski definition) is 1. The van der Waals surface area contributed by atoms with Gasteiger partial charge in [0.25, 0.3) is 0 Å². The maximum absolute atomic E-state index is 12.5. The van der Waals surface area contributed by atoms with Gasteiger partial charge in [0.1, 0.15) is 5.00 Å². The lowest BCUT2D eigenvalue weighted by molar-refractivity contribution is -0.111. The second-order valence-electron chi connectivity index (χ2n) is 6.94. The highest BCUT2D eigenvalue weighted by atomic mass is 32.1. The minimum absolute atomic E-state index is 0.249. The van der Waals surface area contributed by atoms with Gasteiger partial charge < -0.3 is 15.0 Å². The van der Waals surface area contributed by atoms with Crippen molar-refractivity contribution in [2.45, 2.75) is 32.6 Å². The number of ether oxygens (including phenoxy) is 1. The molecular weight excluding hydrogens is 372 g/mol. The van der Waals surface area contributed by atoms with Gasteiger partial charge in [-0.3, -0.25) is 4.79 Å². The van der Waals surface area contributed by atoms with Crippen LogP contribution < -0.4 is 10.2 Å². The number of hydrogen-bond acceptors (Lipinski definition) is 5. The van der Waals surface area contributed by atoms with Crippen LogP contribution in [0.2, 0.25) is 0 Å². The van der Waals surface area contributed by atoms with Crippen molar-refractivity contribution in [3.8, 4) is 0 Å². The number of anilines is 2. The number of fused-ring (bicyclic) bond motifs is 1. The molecule has 0 bridgehead atoms. The Morgan fingerprint density at radius 1 is 1.18 bits per heavy atom. The van der Waals surface area contributed by atoms with Crippen LogP contribution in [0, 0.1) is 0 Å². The van der Waals surface area contributed by atoms with E-state index in [2.05, 4.69) is 5.32 Å². The third-order valence-corrected chi connectivity index (χ3v) is 5.93. The summed E-state index contributed by atoms with van der Waals surface area (Å²) in [6.45, 7) is 2.11. The van der Waals surface area contributed by atoms with Crippen molar-refractivity contribution < 1.29 is 14.3 Å². The fraction of sp³-hybridized carbons (Fsp3) is 0.364. The minimum atomic E-state index is -0.347. The summed E-state index contributed by atoms with van der Waals surface area (Å²) in [6, 6.07) is 7.94. The van der Waals surface area contributed by atoms with Crippen LogP contribution in [-0.2, 0) is 22.4 Å². The number of aryl methyl sites for hydroxylation is 1. The first-order valence-corrected chi connectivity index (χ1v) is 10.4. The van der Waals surface area contributed by atoms with E-state index in [9.17, 15) is 9.59 Å². The van der Waals surface area contributed by atoms with Gasteiger partial charge in [-0.15, -0.1) is 11.3 Å². The molecule has 6 heteroatoms.